The van der Waals surface area contributed by atoms with Gasteiger partial charge in [-0.2, -0.15) is 0 Å². The molecule has 17 heavy (non-hydrogen) atoms. The van der Waals surface area contributed by atoms with Crippen LogP contribution in [0.25, 0.3) is 0 Å². The zero-order valence-corrected chi connectivity index (χ0v) is 11.3. The van der Waals surface area contributed by atoms with Crippen molar-refractivity contribution >= 4 is 46.3 Å². The summed E-state index contributed by atoms with van der Waals surface area (Å²) in [7, 11) is 0. The van der Waals surface area contributed by atoms with Gasteiger partial charge in [0.1, 0.15) is 0 Å². The Kier molecular flexibility index (Phi) is 5.68. The van der Waals surface area contributed by atoms with Gasteiger partial charge in [0, 0.05) is 13.0 Å². The molecule has 0 fully saturated rings. The molecule has 0 aliphatic heterocycles. The van der Waals surface area contributed by atoms with Crippen molar-refractivity contribution in [3.8, 4) is 0 Å². The topological polar surface area (TPSA) is 55.1 Å². The van der Waals surface area contributed by atoms with E-state index in [0.29, 0.717) is 28.0 Å². The van der Waals surface area contributed by atoms with Crippen molar-refractivity contribution in [2.75, 3.05) is 6.54 Å². The van der Waals surface area contributed by atoms with E-state index in [1.54, 1.807) is 18.2 Å². The molecule has 3 N–H and O–H groups in total. The van der Waals surface area contributed by atoms with Gasteiger partial charge in [-0.05, 0) is 17.7 Å². The van der Waals surface area contributed by atoms with Crippen LogP contribution in [-0.2, 0) is 11.2 Å². The molecule has 0 unspecified atom stereocenters. The van der Waals surface area contributed by atoms with E-state index in [1.807, 2.05) is 0 Å². The van der Waals surface area contributed by atoms with Crippen molar-refractivity contribution in [2.45, 2.75) is 12.8 Å². The van der Waals surface area contributed by atoms with Gasteiger partial charge in [-0.1, -0.05) is 41.5 Å². The maximum Gasteiger partial charge on any atom is 0.224 e. The Morgan fingerprint density at radius 1 is 1.35 bits per heavy atom. The molecule has 0 bridgehead atoms. The Morgan fingerprint density at radius 3 is 2.65 bits per heavy atom. The van der Waals surface area contributed by atoms with Gasteiger partial charge in [-0.3, -0.25) is 4.79 Å². The number of carbonyl (C=O) groups is 1. The molecule has 0 saturated heterocycles. The minimum Gasteiger partial charge on any atom is -0.393 e. The van der Waals surface area contributed by atoms with Crippen molar-refractivity contribution < 1.29 is 4.79 Å². The third-order valence-corrected chi connectivity index (χ3v) is 2.99. The predicted octanol–water partition coefficient (Wildman–Crippen LogP) is 2.33. The molecule has 0 aliphatic rings. The highest BCUT2D eigenvalue weighted by molar-refractivity contribution is 7.80. The number of hydrogen-bond acceptors (Lipinski definition) is 2. The van der Waals surface area contributed by atoms with Gasteiger partial charge in [0.2, 0.25) is 5.91 Å². The quantitative estimate of drug-likeness (QED) is 0.819. The van der Waals surface area contributed by atoms with E-state index in [9.17, 15) is 4.79 Å². The number of amides is 1. The Balaban J connectivity index is 2.45. The summed E-state index contributed by atoms with van der Waals surface area (Å²) in [5.74, 6) is -0.0976. The first-order valence-electron chi connectivity index (χ1n) is 4.98. The van der Waals surface area contributed by atoms with Crippen LogP contribution in [0.5, 0.6) is 0 Å². The highest BCUT2D eigenvalue weighted by atomic mass is 35.5. The second-order valence-electron chi connectivity index (χ2n) is 3.49. The minimum absolute atomic E-state index is 0.0976. The molecule has 0 aliphatic carbocycles. The monoisotopic (exact) mass is 290 g/mol. The first-order chi connectivity index (χ1) is 7.99. The van der Waals surface area contributed by atoms with Gasteiger partial charge >= 0.3 is 0 Å². The van der Waals surface area contributed by atoms with Crippen molar-refractivity contribution in [3.63, 3.8) is 0 Å². The average molecular weight is 291 g/mol. The minimum atomic E-state index is -0.0976. The number of halogens is 2. The third kappa shape index (κ3) is 5.35. The molecular weight excluding hydrogens is 279 g/mol. The van der Waals surface area contributed by atoms with Crippen LogP contribution in [0.3, 0.4) is 0 Å². The van der Waals surface area contributed by atoms with Crippen LogP contribution >= 0.6 is 35.4 Å². The van der Waals surface area contributed by atoms with Crippen molar-refractivity contribution in [1.82, 2.24) is 5.32 Å². The molecule has 0 heterocycles. The lowest BCUT2D eigenvalue weighted by atomic mass is 10.1. The number of benzene rings is 1. The normalized spacial score (nSPS) is 10.0. The summed E-state index contributed by atoms with van der Waals surface area (Å²) in [6.07, 6.45) is 0.761. The average Bonchev–Trinajstić information content (AvgIpc) is 2.23. The van der Waals surface area contributed by atoms with Gasteiger partial charge in [-0.25, -0.2) is 0 Å². The summed E-state index contributed by atoms with van der Waals surface area (Å²) < 4.78 is 0. The van der Waals surface area contributed by atoms with E-state index in [0.717, 1.165) is 5.56 Å². The van der Waals surface area contributed by atoms with E-state index < -0.39 is 0 Å². The molecule has 0 saturated carbocycles. The molecule has 6 heteroatoms. The second kappa shape index (κ2) is 6.79. The molecule has 1 aromatic carbocycles. The van der Waals surface area contributed by atoms with E-state index in [4.69, 9.17) is 41.2 Å². The van der Waals surface area contributed by atoms with E-state index in [1.165, 1.54) is 0 Å². The van der Waals surface area contributed by atoms with Gasteiger partial charge in [0.05, 0.1) is 21.5 Å². The molecule has 1 rings (SSSR count). The summed E-state index contributed by atoms with van der Waals surface area (Å²) in [6, 6.07) is 5.11. The van der Waals surface area contributed by atoms with Crippen molar-refractivity contribution in [3.05, 3.63) is 33.8 Å². The van der Waals surface area contributed by atoms with Gasteiger partial charge < -0.3 is 11.1 Å². The fourth-order valence-electron chi connectivity index (χ4n) is 1.22. The molecule has 1 aromatic rings. The Hall–Kier alpha value is -0.840. The number of hydrogen-bond donors (Lipinski definition) is 2. The number of rotatable bonds is 5. The predicted molar refractivity (Wildman–Crippen MR) is 74.6 cm³/mol. The van der Waals surface area contributed by atoms with Crippen molar-refractivity contribution in [2.24, 2.45) is 5.73 Å². The molecule has 0 spiro atoms. The largest absolute Gasteiger partial charge is 0.393 e. The maximum absolute atomic E-state index is 11.5. The summed E-state index contributed by atoms with van der Waals surface area (Å²) >= 11 is 16.3. The SMILES string of the molecule is NC(=S)CCNC(=O)Cc1ccc(Cl)c(Cl)c1. The van der Waals surface area contributed by atoms with Gasteiger partial charge in [-0.15, -0.1) is 0 Å². The molecule has 92 valence electrons. The van der Waals surface area contributed by atoms with Crippen LogP contribution in [0, 0.1) is 0 Å². The Morgan fingerprint density at radius 2 is 2.06 bits per heavy atom. The number of nitrogens with one attached hydrogen (secondary N) is 1. The molecule has 0 aromatic heterocycles. The first kappa shape index (κ1) is 14.2. The van der Waals surface area contributed by atoms with Crippen LogP contribution < -0.4 is 11.1 Å². The fraction of sp³-hybridized carbons (Fsp3) is 0.273. The molecule has 1 amide bonds. The van der Waals surface area contributed by atoms with Crippen molar-refractivity contribution in [1.29, 1.82) is 0 Å². The lowest BCUT2D eigenvalue weighted by molar-refractivity contribution is -0.120. The van der Waals surface area contributed by atoms with Gasteiger partial charge in [0.25, 0.3) is 0 Å². The first-order valence-corrected chi connectivity index (χ1v) is 6.14. The van der Waals surface area contributed by atoms with Gasteiger partial charge in [0.15, 0.2) is 0 Å². The highest BCUT2D eigenvalue weighted by Crippen LogP contribution is 2.22. The lowest BCUT2D eigenvalue weighted by Gasteiger charge is -2.05. The van der Waals surface area contributed by atoms with Crippen LogP contribution in [-0.4, -0.2) is 17.4 Å². The van der Waals surface area contributed by atoms with Crippen LogP contribution in [0.2, 0.25) is 10.0 Å². The smallest absolute Gasteiger partial charge is 0.224 e. The number of thiocarbonyl (C=S) groups is 1. The molecule has 0 radical (unpaired) electrons. The zero-order chi connectivity index (χ0) is 12.8. The molecular formula is C11H12Cl2N2OS. The molecule has 0 atom stereocenters. The fourth-order valence-corrected chi connectivity index (χ4v) is 1.65. The number of nitrogens with two attached hydrogens (primary N) is 1. The zero-order valence-electron chi connectivity index (χ0n) is 9.00. The maximum atomic E-state index is 11.5. The third-order valence-electron chi connectivity index (χ3n) is 2.04. The summed E-state index contributed by atoms with van der Waals surface area (Å²) in [6.45, 7) is 0.454. The second-order valence-corrected chi connectivity index (χ2v) is 4.83. The van der Waals surface area contributed by atoms with E-state index >= 15 is 0 Å². The van der Waals surface area contributed by atoms with E-state index in [-0.39, 0.29) is 12.3 Å². The Bertz CT molecular complexity index is 437. The Labute approximate surface area is 115 Å². The standard InChI is InChI=1S/C11H12Cl2N2OS/c12-8-2-1-7(5-9(8)13)6-11(16)15-4-3-10(14)17/h1-2,5H,3-4,6H2,(H2,14,17)(H,15,16). The number of carbonyl (C=O) groups excluding carboxylic acids is 1. The van der Waals surface area contributed by atoms with E-state index in [2.05, 4.69) is 5.32 Å². The summed E-state index contributed by atoms with van der Waals surface area (Å²) in [4.78, 5) is 11.9. The van der Waals surface area contributed by atoms with Crippen LogP contribution in [0.1, 0.15) is 12.0 Å². The van der Waals surface area contributed by atoms with Crippen LogP contribution in [0.15, 0.2) is 18.2 Å². The highest BCUT2D eigenvalue weighted by Gasteiger charge is 2.05. The van der Waals surface area contributed by atoms with Crippen LogP contribution in [0.4, 0.5) is 0 Å². The summed E-state index contributed by atoms with van der Waals surface area (Å²) in [5, 5.41) is 3.63. The molecule has 3 nitrogen and oxygen atoms in total. The lowest BCUT2D eigenvalue weighted by Crippen LogP contribution is -2.28. The summed E-state index contributed by atoms with van der Waals surface area (Å²) in [5.41, 5.74) is 6.13.